The minimum Gasteiger partial charge on any atom is -0.497 e. The van der Waals surface area contributed by atoms with E-state index in [2.05, 4.69) is 6.07 Å². The van der Waals surface area contributed by atoms with Gasteiger partial charge in [0.2, 0.25) is 0 Å². The number of benzene rings is 2. The van der Waals surface area contributed by atoms with Crippen molar-refractivity contribution in [3.8, 4) is 5.75 Å². The van der Waals surface area contributed by atoms with Gasteiger partial charge in [-0.2, -0.15) is 0 Å². The quantitative estimate of drug-likeness (QED) is 0.580. The van der Waals surface area contributed by atoms with Crippen molar-refractivity contribution in [3.63, 3.8) is 0 Å². The molecule has 0 aromatic heterocycles. The third-order valence-electron chi connectivity index (χ3n) is 3.78. The van der Waals surface area contributed by atoms with Crippen LogP contribution in [0.1, 0.15) is 23.6 Å². The molecule has 0 saturated carbocycles. The molecule has 4 nitrogen and oxygen atoms in total. The molecule has 2 rings (SSSR count). The molecular weight excluding hydrogens is 288 g/mol. The predicted molar refractivity (Wildman–Crippen MR) is 94.6 cm³/mol. The van der Waals surface area contributed by atoms with Gasteiger partial charge < -0.3 is 20.9 Å². The second-order valence-electron chi connectivity index (χ2n) is 5.82. The molecule has 0 aliphatic carbocycles. The first-order chi connectivity index (χ1) is 11.1. The second-order valence-corrected chi connectivity index (χ2v) is 5.82. The Bertz CT molecular complexity index is 609. The Morgan fingerprint density at radius 2 is 1.83 bits per heavy atom. The van der Waals surface area contributed by atoms with E-state index in [0.717, 1.165) is 35.4 Å². The second kappa shape index (κ2) is 8.56. The molecule has 0 aliphatic heterocycles. The smallest absolute Gasteiger partial charge is 0.118 e. The van der Waals surface area contributed by atoms with Gasteiger partial charge in [-0.15, -0.1) is 0 Å². The molecule has 1 atom stereocenters. The minimum atomic E-state index is 0.121. The molecule has 0 bridgehead atoms. The van der Waals surface area contributed by atoms with Crippen molar-refractivity contribution in [1.29, 1.82) is 0 Å². The van der Waals surface area contributed by atoms with Gasteiger partial charge in [0.05, 0.1) is 20.3 Å². The first-order valence-electron chi connectivity index (χ1n) is 7.92. The van der Waals surface area contributed by atoms with Gasteiger partial charge in [-0.25, -0.2) is 0 Å². The highest BCUT2D eigenvalue weighted by Gasteiger charge is 2.08. The van der Waals surface area contributed by atoms with Gasteiger partial charge in [-0.05, 0) is 54.7 Å². The summed E-state index contributed by atoms with van der Waals surface area (Å²) in [7, 11) is 1.66. The van der Waals surface area contributed by atoms with Gasteiger partial charge in [-0.1, -0.05) is 24.3 Å². The number of nitrogens with two attached hydrogens (primary N) is 2. The van der Waals surface area contributed by atoms with Crippen LogP contribution >= 0.6 is 0 Å². The van der Waals surface area contributed by atoms with E-state index in [4.69, 9.17) is 20.9 Å². The van der Waals surface area contributed by atoms with Crippen LogP contribution in [0.4, 0.5) is 5.69 Å². The van der Waals surface area contributed by atoms with Crippen molar-refractivity contribution >= 4 is 5.69 Å². The highest BCUT2D eigenvalue weighted by Crippen LogP contribution is 2.19. The average molecular weight is 314 g/mol. The molecule has 23 heavy (non-hydrogen) atoms. The Balaban J connectivity index is 1.88. The van der Waals surface area contributed by atoms with E-state index >= 15 is 0 Å². The first kappa shape index (κ1) is 17.3. The monoisotopic (exact) mass is 314 g/mol. The molecule has 0 fully saturated rings. The van der Waals surface area contributed by atoms with Crippen molar-refractivity contribution in [1.82, 2.24) is 0 Å². The number of ether oxygens (including phenoxy) is 2. The molecule has 0 saturated heterocycles. The summed E-state index contributed by atoms with van der Waals surface area (Å²) in [6, 6.07) is 14.0. The molecule has 0 amide bonds. The lowest BCUT2D eigenvalue weighted by molar-refractivity contribution is 0.124. The number of rotatable bonds is 8. The van der Waals surface area contributed by atoms with E-state index in [1.807, 2.05) is 43.3 Å². The van der Waals surface area contributed by atoms with Crippen LogP contribution in [0.25, 0.3) is 0 Å². The van der Waals surface area contributed by atoms with Crippen molar-refractivity contribution < 1.29 is 9.47 Å². The van der Waals surface area contributed by atoms with E-state index < -0.39 is 0 Å². The zero-order chi connectivity index (χ0) is 16.7. The number of methoxy groups -OCH3 is 1. The van der Waals surface area contributed by atoms with Crippen LogP contribution in [0, 0.1) is 0 Å². The number of hydrogen-bond donors (Lipinski definition) is 2. The van der Waals surface area contributed by atoms with Crippen LogP contribution in [-0.2, 0) is 24.2 Å². The molecule has 0 spiro atoms. The standard InChI is InChI=1S/C19H26N2O2/c1-14(20)12-16-4-3-5-19(21)18(16)10-11-23-13-15-6-8-17(22-2)9-7-15/h3-9,14H,10-13,20-21H2,1-2H3/t14-/m1/s1. The molecule has 2 aromatic rings. The normalized spacial score (nSPS) is 12.1. The van der Waals surface area contributed by atoms with Crippen molar-refractivity contribution in [2.45, 2.75) is 32.4 Å². The van der Waals surface area contributed by atoms with Crippen molar-refractivity contribution in [2.24, 2.45) is 5.73 Å². The van der Waals surface area contributed by atoms with Gasteiger partial charge in [0, 0.05) is 11.7 Å². The van der Waals surface area contributed by atoms with Crippen molar-refractivity contribution in [2.75, 3.05) is 19.5 Å². The van der Waals surface area contributed by atoms with Crippen LogP contribution in [-0.4, -0.2) is 19.8 Å². The first-order valence-corrected chi connectivity index (χ1v) is 7.92. The molecular formula is C19H26N2O2. The van der Waals surface area contributed by atoms with E-state index in [9.17, 15) is 0 Å². The number of nitrogen functional groups attached to an aromatic ring is 1. The van der Waals surface area contributed by atoms with E-state index in [1.165, 1.54) is 5.56 Å². The zero-order valence-electron chi connectivity index (χ0n) is 13.9. The zero-order valence-corrected chi connectivity index (χ0v) is 13.9. The largest absolute Gasteiger partial charge is 0.497 e. The van der Waals surface area contributed by atoms with Crippen LogP contribution in [0.5, 0.6) is 5.75 Å². The molecule has 124 valence electrons. The Morgan fingerprint density at radius 1 is 1.09 bits per heavy atom. The van der Waals surface area contributed by atoms with Gasteiger partial charge >= 0.3 is 0 Å². The summed E-state index contributed by atoms with van der Waals surface area (Å²) in [6.45, 7) is 3.22. The fourth-order valence-electron chi connectivity index (χ4n) is 2.58. The molecule has 0 aliphatic rings. The van der Waals surface area contributed by atoms with Gasteiger partial charge in [0.15, 0.2) is 0 Å². The van der Waals surface area contributed by atoms with E-state index in [-0.39, 0.29) is 6.04 Å². The lowest BCUT2D eigenvalue weighted by Gasteiger charge is -2.14. The van der Waals surface area contributed by atoms with Crippen LogP contribution < -0.4 is 16.2 Å². The summed E-state index contributed by atoms with van der Waals surface area (Å²) in [6.07, 6.45) is 1.63. The maximum Gasteiger partial charge on any atom is 0.118 e. The fourth-order valence-corrected chi connectivity index (χ4v) is 2.58. The highest BCUT2D eigenvalue weighted by atomic mass is 16.5. The lowest BCUT2D eigenvalue weighted by Crippen LogP contribution is -2.19. The molecule has 4 N–H and O–H groups in total. The Hall–Kier alpha value is -2.04. The SMILES string of the molecule is COc1ccc(COCCc2c(N)cccc2C[C@@H](C)N)cc1. The van der Waals surface area contributed by atoms with Gasteiger partial charge in [0.1, 0.15) is 5.75 Å². The van der Waals surface area contributed by atoms with Crippen LogP contribution in [0.2, 0.25) is 0 Å². The third kappa shape index (κ3) is 5.27. The van der Waals surface area contributed by atoms with Gasteiger partial charge in [-0.3, -0.25) is 0 Å². The molecule has 4 heteroatoms. The summed E-state index contributed by atoms with van der Waals surface area (Å²) in [4.78, 5) is 0. The topological polar surface area (TPSA) is 70.5 Å². The van der Waals surface area contributed by atoms with Crippen molar-refractivity contribution in [3.05, 3.63) is 59.2 Å². The van der Waals surface area contributed by atoms with Crippen LogP contribution in [0.3, 0.4) is 0 Å². The molecule has 0 heterocycles. The number of hydrogen-bond acceptors (Lipinski definition) is 4. The average Bonchev–Trinajstić information content (AvgIpc) is 2.53. The summed E-state index contributed by atoms with van der Waals surface area (Å²) < 4.78 is 10.9. The lowest BCUT2D eigenvalue weighted by atomic mass is 9.98. The summed E-state index contributed by atoms with van der Waals surface area (Å²) in [5.41, 5.74) is 16.3. The Labute approximate surface area is 138 Å². The van der Waals surface area contributed by atoms with E-state index in [1.54, 1.807) is 7.11 Å². The third-order valence-corrected chi connectivity index (χ3v) is 3.78. The fraction of sp³-hybridized carbons (Fsp3) is 0.368. The molecule has 0 radical (unpaired) electrons. The maximum absolute atomic E-state index is 6.11. The highest BCUT2D eigenvalue weighted by molar-refractivity contribution is 5.51. The van der Waals surface area contributed by atoms with Gasteiger partial charge in [0.25, 0.3) is 0 Å². The minimum absolute atomic E-state index is 0.121. The summed E-state index contributed by atoms with van der Waals surface area (Å²) >= 11 is 0. The molecule has 2 aromatic carbocycles. The predicted octanol–water partition coefficient (Wildman–Crippen LogP) is 2.93. The van der Waals surface area contributed by atoms with Crippen LogP contribution in [0.15, 0.2) is 42.5 Å². The number of anilines is 1. The molecule has 0 unspecified atom stereocenters. The Kier molecular flexibility index (Phi) is 6.44. The summed E-state index contributed by atoms with van der Waals surface area (Å²) in [5.74, 6) is 0.853. The van der Waals surface area contributed by atoms with E-state index in [0.29, 0.717) is 13.2 Å². The Morgan fingerprint density at radius 3 is 2.48 bits per heavy atom. The maximum atomic E-state index is 6.11. The summed E-state index contributed by atoms with van der Waals surface area (Å²) in [5, 5.41) is 0.